The fourth-order valence-corrected chi connectivity index (χ4v) is 3.87. The van der Waals surface area contributed by atoms with E-state index in [0.29, 0.717) is 18.4 Å². The average Bonchev–Trinajstić information content (AvgIpc) is 2.99. The SMILES string of the molecule is Cc1ccc(OCc2nnc(SCC(=O)N3CCCC[C@@H]3C)n2C)cc1. The number of likely N-dealkylation sites (tertiary alicyclic amines) is 1. The van der Waals surface area contributed by atoms with Gasteiger partial charge in [0.15, 0.2) is 11.0 Å². The minimum Gasteiger partial charge on any atom is -0.486 e. The number of aryl methyl sites for hydroxylation is 1. The molecule has 6 nitrogen and oxygen atoms in total. The molecule has 1 aliphatic heterocycles. The zero-order valence-electron chi connectivity index (χ0n) is 15.6. The summed E-state index contributed by atoms with van der Waals surface area (Å²) in [5, 5.41) is 9.14. The van der Waals surface area contributed by atoms with Crippen LogP contribution >= 0.6 is 11.8 Å². The second-order valence-electron chi connectivity index (χ2n) is 6.78. The van der Waals surface area contributed by atoms with Crippen LogP contribution in [0, 0.1) is 6.92 Å². The molecule has 1 aromatic carbocycles. The second-order valence-corrected chi connectivity index (χ2v) is 7.72. The molecule has 140 valence electrons. The summed E-state index contributed by atoms with van der Waals surface area (Å²) >= 11 is 1.44. The van der Waals surface area contributed by atoms with E-state index >= 15 is 0 Å². The van der Waals surface area contributed by atoms with Crippen LogP contribution in [0.1, 0.15) is 37.6 Å². The van der Waals surface area contributed by atoms with Crippen LogP contribution in [0.25, 0.3) is 0 Å². The molecule has 3 rings (SSSR count). The fraction of sp³-hybridized carbons (Fsp3) is 0.526. The van der Waals surface area contributed by atoms with Gasteiger partial charge in [0.25, 0.3) is 0 Å². The van der Waals surface area contributed by atoms with Crippen molar-refractivity contribution in [2.24, 2.45) is 7.05 Å². The summed E-state index contributed by atoms with van der Waals surface area (Å²) in [7, 11) is 1.91. The number of aromatic nitrogens is 3. The minimum absolute atomic E-state index is 0.183. The number of hydrogen-bond donors (Lipinski definition) is 0. The lowest BCUT2D eigenvalue weighted by Gasteiger charge is -2.33. The predicted molar refractivity (Wildman–Crippen MR) is 102 cm³/mol. The van der Waals surface area contributed by atoms with Crippen molar-refractivity contribution in [1.29, 1.82) is 0 Å². The molecular formula is C19H26N4O2S. The van der Waals surface area contributed by atoms with Gasteiger partial charge in [0.2, 0.25) is 5.91 Å². The molecule has 1 fully saturated rings. The van der Waals surface area contributed by atoms with Crippen molar-refractivity contribution in [3.05, 3.63) is 35.7 Å². The van der Waals surface area contributed by atoms with E-state index in [2.05, 4.69) is 17.1 Å². The third-order valence-electron chi connectivity index (χ3n) is 4.76. The number of carbonyl (C=O) groups excluding carboxylic acids is 1. The number of hydrogen-bond acceptors (Lipinski definition) is 5. The summed E-state index contributed by atoms with van der Waals surface area (Å²) < 4.78 is 7.66. The molecule has 1 saturated heterocycles. The number of thioether (sulfide) groups is 1. The molecule has 0 spiro atoms. The van der Waals surface area contributed by atoms with E-state index in [9.17, 15) is 4.79 Å². The molecule has 0 saturated carbocycles. The lowest BCUT2D eigenvalue weighted by atomic mass is 10.0. The van der Waals surface area contributed by atoms with Gasteiger partial charge in [-0.25, -0.2) is 0 Å². The van der Waals surface area contributed by atoms with E-state index in [4.69, 9.17) is 4.74 Å². The van der Waals surface area contributed by atoms with E-state index in [1.807, 2.05) is 47.7 Å². The van der Waals surface area contributed by atoms with Crippen molar-refractivity contribution in [3.63, 3.8) is 0 Å². The van der Waals surface area contributed by atoms with E-state index in [-0.39, 0.29) is 5.91 Å². The molecule has 0 unspecified atom stereocenters. The smallest absolute Gasteiger partial charge is 0.233 e. The molecule has 0 N–H and O–H groups in total. The Balaban J connectivity index is 1.53. The van der Waals surface area contributed by atoms with Gasteiger partial charge < -0.3 is 14.2 Å². The average molecular weight is 375 g/mol. The first kappa shape index (κ1) is 18.8. The van der Waals surface area contributed by atoms with Crippen molar-refractivity contribution in [1.82, 2.24) is 19.7 Å². The second kappa shape index (κ2) is 8.58. The lowest BCUT2D eigenvalue weighted by Crippen LogP contribution is -2.42. The van der Waals surface area contributed by atoms with Crippen molar-refractivity contribution < 1.29 is 9.53 Å². The Morgan fingerprint density at radius 1 is 1.27 bits per heavy atom. The molecule has 2 aromatic rings. The van der Waals surface area contributed by atoms with Crippen LogP contribution in [0.4, 0.5) is 0 Å². The van der Waals surface area contributed by atoms with E-state index < -0.39 is 0 Å². The maximum atomic E-state index is 12.5. The number of benzene rings is 1. The van der Waals surface area contributed by atoms with E-state index in [0.717, 1.165) is 36.1 Å². The summed E-state index contributed by atoms with van der Waals surface area (Å²) in [6.07, 6.45) is 3.41. The molecule has 0 radical (unpaired) electrons. The first-order chi connectivity index (χ1) is 12.5. The van der Waals surface area contributed by atoms with Crippen LogP contribution in [-0.2, 0) is 18.4 Å². The Hall–Kier alpha value is -2.02. The molecule has 2 heterocycles. The molecular weight excluding hydrogens is 348 g/mol. The maximum absolute atomic E-state index is 12.5. The molecule has 7 heteroatoms. The largest absolute Gasteiger partial charge is 0.486 e. The highest BCUT2D eigenvalue weighted by Gasteiger charge is 2.23. The Labute approximate surface area is 158 Å². The van der Waals surface area contributed by atoms with Gasteiger partial charge in [0, 0.05) is 19.6 Å². The van der Waals surface area contributed by atoms with Gasteiger partial charge in [-0.2, -0.15) is 0 Å². The summed E-state index contributed by atoms with van der Waals surface area (Å²) in [5.74, 6) is 2.13. The normalized spacial score (nSPS) is 17.3. The summed E-state index contributed by atoms with van der Waals surface area (Å²) in [5.41, 5.74) is 1.20. The third kappa shape index (κ3) is 4.58. The Morgan fingerprint density at radius 3 is 2.77 bits per heavy atom. The van der Waals surface area contributed by atoms with Crippen LogP contribution in [-0.4, -0.2) is 43.9 Å². The fourth-order valence-electron chi connectivity index (χ4n) is 3.06. The number of ether oxygens (including phenoxy) is 1. The van der Waals surface area contributed by atoms with Crippen LogP contribution in [0.15, 0.2) is 29.4 Å². The highest BCUT2D eigenvalue weighted by atomic mass is 32.2. The number of amides is 1. The molecule has 1 aliphatic rings. The molecule has 1 aromatic heterocycles. The zero-order valence-corrected chi connectivity index (χ0v) is 16.5. The molecule has 26 heavy (non-hydrogen) atoms. The molecule has 1 atom stereocenters. The van der Waals surface area contributed by atoms with Gasteiger partial charge in [-0.3, -0.25) is 4.79 Å². The Kier molecular flexibility index (Phi) is 6.19. The van der Waals surface area contributed by atoms with Crippen molar-refractivity contribution in [2.45, 2.75) is 50.9 Å². The first-order valence-electron chi connectivity index (χ1n) is 9.04. The van der Waals surface area contributed by atoms with Crippen molar-refractivity contribution in [2.75, 3.05) is 12.3 Å². The van der Waals surface area contributed by atoms with Crippen LogP contribution in [0.5, 0.6) is 5.75 Å². The first-order valence-corrected chi connectivity index (χ1v) is 10.0. The van der Waals surface area contributed by atoms with Crippen LogP contribution < -0.4 is 4.74 Å². The summed E-state index contributed by atoms with van der Waals surface area (Å²) in [6, 6.07) is 8.26. The Morgan fingerprint density at radius 2 is 2.04 bits per heavy atom. The lowest BCUT2D eigenvalue weighted by molar-refractivity contribution is -0.131. The third-order valence-corrected chi connectivity index (χ3v) is 5.77. The quantitative estimate of drug-likeness (QED) is 0.727. The monoisotopic (exact) mass is 374 g/mol. The number of nitrogens with zero attached hydrogens (tertiary/aromatic N) is 4. The van der Waals surface area contributed by atoms with Gasteiger partial charge >= 0.3 is 0 Å². The highest BCUT2D eigenvalue weighted by molar-refractivity contribution is 7.99. The van der Waals surface area contributed by atoms with Crippen molar-refractivity contribution >= 4 is 17.7 Å². The maximum Gasteiger partial charge on any atom is 0.233 e. The van der Waals surface area contributed by atoms with Crippen molar-refractivity contribution in [3.8, 4) is 5.75 Å². The van der Waals surface area contributed by atoms with Gasteiger partial charge in [0.05, 0.1) is 5.75 Å². The predicted octanol–water partition coefficient (Wildman–Crippen LogP) is 3.20. The van der Waals surface area contributed by atoms with E-state index in [1.54, 1.807) is 0 Å². The van der Waals surface area contributed by atoms with Gasteiger partial charge in [0.1, 0.15) is 12.4 Å². The van der Waals surface area contributed by atoms with Gasteiger partial charge in [-0.15, -0.1) is 10.2 Å². The number of rotatable bonds is 6. The van der Waals surface area contributed by atoms with E-state index in [1.165, 1.54) is 23.7 Å². The standard InChI is InChI=1S/C19H26N4O2S/c1-14-7-9-16(10-8-14)25-12-17-20-21-19(22(17)3)26-13-18(24)23-11-5-4-6-15(23)2/h7-10,15H,4-6,11-13H2,1-3H3/t15-/m0/s1. The van der Waals surface area contributed by atoms with Crippen LogP contribution in [0.3, 0.4) is 0 Å². The molecule has 1 amide bonds. The Bertz CT molecular complexity index is 744. The molecule has 0 bridgehead atoms. The number of carbonyl (C=O) groups is 1. The zero-order chi connectivity index (χ0) is 18.5. The highest BCUT2D eigenvalue weighted by Crippen LogP contribution is 2.21. The van der Waals surface area contributed by atoms with Gasteiger partial charge in [-0.05, 0) is 45.2 Å². The summed E-state index contributed by atoms with van der Waals surface area (Å²) in [4.78, 5) is 14.5. The number of piperidine rings is 1. The topological polar surface area (TPSA) is 60.3 Å². The van der Waals surface area contributed by atoms with Crippen LogP contribution in [0.2, 0.25) is 0 Å². The van der Waals surface area contributed by atoms with Gasteiger partial charge in [-0.1, -0.05) is 29.5 Å². The molecule has 0 aliphatic carbocycles. The minimum atomic E-state index is 0.183. The summed E-state index contributed by atoms with van der Waals surface area (Å²) in [6.45, 7) is 5.39.